The molecule has 0 radical (unpaired) electrons. The SMILES string of the molecule is N#CCCNc1ncc(F)c(OC2CN(C(=O)N3N=CCC3c3cc(F)cc(F)c3)C2)n1. The van der Waals surface area contributed by atoms with Crippen molar-refractivity contribution < 1.29 is 22.7 Å². The lowest BCUT2D eigenvalue weighted by atomic mass is 10.0. The third kappa shape index (κ3) is 4.56. The molecule has 1 unspecified atom stereocenters. The van der Waals surface area contributed by atoms with Gasteiger partial charge >= 0.3 is 6.03 Å². The number of anilines is 1. The molecule has 32 heavy (non-hydrogen) atoms. The van der Waals surface area contributed by atoms with Crippen LogP contribution in [-0.4, -0.2) is 57.9 Å². The van der Waals surface area contributed by atoms with Crippen molar-refractivity contribution in [2.24, 2.45) is 5.10 Å². The van der Waals surface area contributed by atoms with E-state index in [4.69, 9.17) is 10.00 Å². The number of aromatic nitrogens is 2. The number of benzene rings is 1. The largest absolute Gasteiger partial charge is 0.468 e. The minimum Gasteiger partial charge on any atom is -0.468 e. The number of hydrazone groups is 1. The van der Waals surface area contributed by atoms with E-state index in [-0.39, 0.29) is 31.3 Å². The quantitative estimate of drug-likeness (QED) is 0.686. The van der Waals surface area contributed by atoms with Gasteiger partial charge in [-0.2, -0.15) is 19.7 Å². The number of nitrogens with zero attached hydrogens (tertiary/aromatic N) is 6. The van der Waals surface area contributed by atoms with Gasteiger partial charge < -0.3 is 15.0 Å². The summed E-state index contributed by atoms with van der Waals surface area (Å²) in [4.78, 5) is 22.0. The molecule has 1 fully saturated rings. The van der Waals surface area contributed by atoms with E-state index in [0.717, 1.165) is 12.3 Å². The molecule has 12 heteroatoms. The van der Waals surface area contributed by atoms with Crippen LogP contribution in [0.4, 0.5) is 23.9 Å². The van der Waals surface area contributed by atoms with Crippen LogP contribution in [0, 0.1) is 28.8 Å². The number of carbonyl (C=O) groups excluding carboxylic acids is 1. The van der Waals surface area contributed by atoms with Crippen molar-refractivity contribution in [3.63, 3.8) is 0 Å². The molecule has 166 valence electrons. The first kappa shape index (κ1) is 21.4. The van der Waals surface area contributed by atoms with E-state index < -0.39 is 35.6 Å². The number of amides is 2. The van der Waals surface area contributed by atoms with Gasteiger partial charge in [-0.15, -0.1) is 0 Å². The normalized spacial score (nSPS) is 17.8. The third-order valence-corrected chi connectivity index (χ3v) is 4.92. The molecule has 0 spiro atoms. The summed E-state index contributed by atoms with van der Waals surface area (Å²) in [5.74, 6) is -2.35. The summed E-state index contributed by atoms with van der Waals surface area (Å²) in [5.41, 5.74) is 0.307. The number of carbonyl (C=O) groups is 1. The molecule has 0 aliphatic carbocycles. The monoisotopic (exact) mass is 445 g/mol. The molecule has 1 aromatic carbocycles. The van der Waals surface area contributed by atoms with E-state index in [9.17, 15) is 18.0 Å². The number of ether oxygens (including phenoxy) is 1. The maximum atomic E-state index is 14.0. The number of nitrogens with one attached hydrogen (secondary N) is 1. The average molecular weight is 445 g/mol. The Labute approximate surface area is 181 Å². The van der Waals surface area contributed by atoms with Crippen molar-refractivity contribution in [3.05, 3.63) is 47.4 Å². The van der Waals surface area contributed by atoms with Gasteiger partial charge in [0.05, 0.1) is 37.8 Å². The summed E-state index contributed by atoms with van der Waals surface area (Å²) < 4.78 is 46.7. The summed E-state index contributed by atoms with van der Waals surface area (Å²) in [6, 6.07) is 4.00. The lowest BCUT2D eigenvalue weighted by molar-refractivity contribution is 0.0230. The van der Waals surface area contributed by atoms with Gasteiger partial charge in [-0.05, 0) is 17.7 Å². The minimum atomic E-state index is -0.752. The van der Waals surface area contributed by atoms with E-state index in [1.54, 1.807) is 0 Å². The molecule has 0 bridgehead atoms. The second kappa shape index (κ2) is 9.09. The van der Waals surface area contributed by atoms with Crippen LogP contribution in [-0.2, 0) is 0 Å². The van der Waals surface area contributed by atoms with Crippen LogP contribution in [0.5, 0.6) is 5.88 Å². The molecule has 3 heterocycles. The van der Waals surface area contributed by atoms with Crippen LogP contribution in [0.2, 0.25) is 0 Å². The van der Waals surface area contributed by atoms with Crippen molar-refractivity contribution in [2.75, 3.05) is 25.0 Å². The van der Waals surface area contributed by atoms with E-state index in [2.05, 4.69) is 20.4 Å². The van der Waals surface area contributed by atoms with Gasteiger partial charge in [0.1, 0.15) is 17.7 Å². The first-order valence-electron chi connectivity index (χ1n) is 9.81. The molecular weight excluding hydrogens is 427 g/mol. The Morgan fingerprint density at radius 1 is 1.25 bits per heavy atom. The maximum absolute atomic E-state index is 14.0. The summed E-state index contributed by atoms with van der Waals surface area (Å²) in [7, 11) is 0. The highest BCUT2D eigenvalue weighted by Gasteiger charge is 2.39. The third-order valence-electron chi connectivity index (χ3n) is 4.92. The number of halogens is 3. The average Bonchev–Trinajstić information content (AvgIpc) is 3.21. The van der Waals surface area contributed by atoms with Crippen molar-refractivity contribution in [1.29, 1.82) is 5.26 Å². The zero-order chi connectivity index (χ0) is 22.7. The van der Waals surface area contributed by atoms with Gasteiger partial charge in [-0.25, -0.2) is 23.6 Å². The van der Waals surface area contributed by atoms with Gasteiger partial charge in [-0.1, -0.05) is 0 Å². The smallest absolute Gasteiger partial charge is 0.341 e. The molecule has 2 aromatic rings. The number of rotatable bonds is 6. The lowest BCUT2D eigenvalue weighted by Gasteiger charge is -2.40. The van der Waals surface area contributed by atoms with Crippen LogP contribution in [0.3, 0.4) is 0 Å². The molecule has 4 rings (SSSR count). The standard InChI is InChI=1S/C20H18F3N7O2/c21-13-6-12(7-14(22)8-13)17-2-5-27-30(17)20(31)29-10-15(11-29)32-18-16(23)9-26-19(28-18)25-4-1-3-24/h5-9,15,17H,1-2,4,10-11H2,(H,25,26,28). The van der Waals surface area contributed by atoms with Gasteiger partial charge in [-0.3, -0.25) is 0 Å². The molecule has 1 aromatic heterocycles. The van der Waals surface area contributed by atoms with Gasteiger partial charge in [0.15, 0.2) is 0 Å². The number of urea groups is 1. The Kier molecular flexibility index (Phi) is 6.07. The Balaban J connectivity index is 1.35. The van der Waals surface area contributed by atoms with Crippen LogP contribution in [0.1, 0.15) is 24.4 Å². The van der Waals surface area contributed by atoms with E-state index in [1.165, 1.54) is 28.3 Å². The highest BCUT2D eigenvalue weighted by Crippen LogP contribution is 2.31. The van der Waals surface area contributed by atoms with Gasteiger partial charge in [0, 0.05) is 25.2 Å². The Hall–Kier alpha value is -3.88. The zero-order valence-corrected chi connectivity index (χ0v) is 16.7. The van der Waals surface area contributed by atoms with E-state index in [0.29, 0.717) is 18.5 Å². The maximum Gasteiger partial charge on any atom is 0.341 e. The van der Waals surface area contributed by atoms with Crippen molar-refractivity contribution >= 4 is 18.2 Å². The zero-order valence-electron chi connectivity index (χ0n) is 16.7. The Morgan fingerprint density at radius 3 is 2.72 bits per heavy atom. The molecule has 2 aliphatic heterocycles. The lowest BCUT2D eigenvalue weighted by Crippen LogP contribution is -2.59. The number of nitriles is 1. The second-order valence-electron chi connectivity index (χ2n) is 7.21. The second-order valence-corrected chi connectivity index (χ2v) is 7.21. The van der Waals surface area contributed by atoms with Crippen LogP contribution >= 0.6 is 0 Å². The van der Waals surface area contributed by atoms with Crippen molar-refractivity contribution in [3.8, 4) is 11.9 Å². The first-order chi connectivity index (χ1) is 15.4. The fourth-order valence-electron chi connectivity index (χ4n) is 3.36. The van der Waals surface area contributed by atoms with E-state index >= 15 is 0 Å². The highest BCUT2D eigenvalue weighted by atomic mass is 19.1. The molecule has 1 saturated heterocycles. The minimum absolute atomic E-state index is 0.125. The molecule has 2 aliphatic rings. The molecule has 1 atom stereocenters. The fourth-order valence-corrected chi connectivity index (χ4v) is 3.36. The molecule has 0 saturated carbocycles. The van der Waals surface area contributed by atoms with Crippen LogP contribution in [0.15, 0.2) is 29.5 Å². The van der Waals surface area contributed by atoms with Gasteiger partial charge in [0.2, 0.25) is 11.8 Å². The van der Waals surface area contributed by atoms with Crippen molar-refractivity contribution in [2.45, 2.75) is 25.0 Å². The molecule has 1 N–H and O–H groups in total. The predicted molar refractivity (Wildman–Crippen MR) is 106 cm³/mol. The Morgan fingerprint density at radius 2 is 2.00 bits per heavy atom. The van der Waals surface area contributed by atoms with Gasteiger partial charge in [0.25, 0.3) is 5.88 Å². The number of hydrogen-bond donors (Lipinski definition) is 1. The first-order valence-corrected chi connectivity index (χ1v) is 9.81. The molecule has 2 amide bonds. The Bertz CT molecular complexity index is 1070. The number of hydrogen-bond acceptors (Lipinski definition) is 7. The molecule has 9 nitrogen and oxygen atoms in total. The van der Waals surface area contributed by atoms with Crippen LogP contribution < -0.4 is 10.1 Å². The summed E-state index contributed by atoms with van der Waals surface area (Å²) in [6.07, 6.45) is 2.54. The highest BCUT2D eigenvalue weighted by molar-refractivity contribution is 5.79. The van der Waals surface area contributed by atoms with Crippen molar-refractivity contribution in [1.82, 2.24) is 19.9 Å². The van der Waals surface area contributed by atoms with E-state index in [1.807, 2.05) is 6.07 Å². The summed E-state index contributed by atoms with van der Waals surface area (Å²) >= 11 is 0. The van der Waals surface area contributed by atoms with Crippen LogP contribution in [0.25, 0.3) is 0 Å². The summed E-state index contributed by atoms with van der Waals surface area (Å²) in [5, 5.41) is 16.6. The topological polar surface area (TPSA) is 107 Å². The fraction of sp³-hybridized carbons (Fsp3) is 0.350. The number of likely N-dealkylation sites (tertiary alicyclic amines) is 1. The predicted octanol–water partition coefficient (Wildman–Crippen LogP) is 2.84. The molecular formula is C20H18F3N7O2. The summed E-state index contributed by atoms with van der Waals surface area (Å²) in [6.45, 7) is 0.630.